The van der Waals surface area contributed by atoms with Crippen molar-refractivity contribution in [2.45, 2.75) is 13.8 Å². The molecule has 2 heterocycles. The Kier molecular flexibility index (Phi) is 8.71. The molecule has 9 aromatic rings. The normalized spacial score (nSPS) is 12.1. The molecule has 2 aliphatic heterocycles. The maximum atomic E-state index is 7.06. The van der Waals surface area contributed by atoms with Crippen molar-refractivity contribution in [3.8, 4) is 67.5 Å². The van der Waals surface area contributed by atoms with Gasteiger partial charge < -0.3 is 14.4 Å². The summed E-state index contributed by atoms with van der Waals surface area (Å²) in [5, 5.41) is 0. The number of hydrogen-bond acceptors (Lipinski definition) is 3. The summed E-state index contributed by atoms with van der Waals surface area (Å²) in [7, 11) is 0. The lowest BCUT2D eigenvalue weighted by molar-refractivity contribution is 0.465. The van der Waals surface area contributed by atoms with Crippen LogP contribution in [0.15, 0.2) is 206 Å². The van der Waals surface area contributed by atoms with Crippen LogP contribution in [-0.2, 0) is 0 Å². The first-order chi connectivity index (χ1) is 29.6. The number of nitrogens with zero attached hydrogens (tertiary/aromatic N) is 1. The number of rotatable bonds is 7. The van der Waals surface area contributed by atoms with Crippen molar-refractivity contribution in [1.82, 2.24) is 0 Å². The molecule has 0 aliphatic carbocycles. The monoisotopic (exact) mass is 769 g/mol. The second-order valence-electron chi connectivity index (χ2n) is 15.8. The second kappa shape index (κ2) is 14.7. The largest absolute Gasteiger partial charge is 0.458 e. The standard InChI is InChI=1S/C56H40BNO2/c1-37-31-43(39-15-7-3-8-16-39)25-29-50(37)58(51-30-26-44(32-38(51)2)40-17-9-4-10-18-40)47-35-54-56-55(36-47)60-53-34-46(42-21-13-6-14-22-42)24-28-49(53)57(56)48-27-23-45(33-52(48)59-54)41-19-11-5-12-20-41/h3-36H,1-2H3. The molecule has 0 fully saturated rings. The van der Waals surface area contributed by atoms with E-state index in [4.69, 9.17) is 9.47 Å². The van der Waals surface area contributed by atoms with Crippen LogP contribution in [-0.4, -0.2) is 6.71 Å². The molecule has 0 amide bonds. The van der Waals surface area contributed by atoms with E-state index in [2.05, 4.69) is 225 Å². The molecule has 0 aromatic heterocycles. The van der Waals surface area contributed by atoms with Crippen molar-refractivity contribution in [3.05, 3.63) is 217 Å². The van der Waals surface area contributed by atoms with Gasteiger partial charge in [0.05, 0.1) is 5.69 Å². The Morgan fingerprint density at radius 2 is 0.683 bits per heavy atom. The molecule has 0 saturated heterocycles. The third-order valence-corrected chi connectivity index (χ3v) is 12.0. The lowest BCUT2D eigenvalue weighted by Gasteiger charge is -2.36. The van der Waals surface area contributed by atoms with E-state index in [9.17, 15) is 0 Å². The fraction of sp³-hybridized carbons (Fsp3) is 0.0357. The van der Waals surface area contributed by atoms with Crippen molar-refractivity contribution in [3.63, 3.8) is 0 Å². The van der Waals surface area contributed by atoms with Crippen molar-refractivity contribution >= 4 is 40.2 Å². The maximum Gasteiger partial charge on any atom is 0.260 e. The topological polar surface area (TPSA) is 21.7 Å². The predicted molar refractivity (Wildman–Crippen MR) is 250 cm³/mol. The van der Waals surface area contributed by atoms with Gasteiger partial charge in [0.15, 0.2) is 0 Å². The minimum absolute atomic E-state index is 0.0709. The van der Waals surface area contributed by atoms with Gasteiger partial charge in [-0.3, -0.25) is 0 Å². The summed E-state index contributed by atoms with van der Waals surface area (Å²) < 4.78 is 14.1. The van der Waals surface area contributed by atoms with E-state index in [0.29, 0.717) is 0 Å². The van der Waals surface area contributed by atoms with Crippen LogP contribution in [0.2, 0.25) is 0 Å². The van der Waals surface area contributed by atoms with Crippen molar-refractivity contribution in [2.24, 2.45) is 0 Å². The molecule has 0 radical (unpaired) electrons. The third-order valence-electron chi connectivity index (χ3n) is 12.0. The summed E-state index contributed by atoms with van der Waals surface area (Å²) in [5.41, 5.74) is 18.0. The Morgan fingerprint density at radius 1 is 0.333 bits per heavy atom. The number of hydrogen-bond donors (Lipinski definition) is 0. The first-order valence-electron chi connectivity index (χ1n) is 20.6. The van der Waals surface area contributed by atoms with Gasteiger partial charge in [-0.05, 0) is 117 Å². The summed E-state index contributed by atoms with van der Waals surface area (Å²) in [6.45, 7) is 4.34. The maximum absolute atomic E-state index is 7.06. The van der Waals surface area contributed by atoms with Crippen LogP contribution < -0.4 is 30.8 Å². The van der Waals surface area contributed by atoms with Crippen molar-refractivity contribution in [2.75, 3.05) is 4.90 Å². The molecule has 4 heteroatoms. The molecule has 9 aromatic carbocycles. The van der Waals surface area contributed by atoms with Gasteiger partial charge in [0.2, 0.25) is 0 Å². The first-order valence-corrected chi connectivity index (χ1v) is 20.6. The van der Waals surface area contributed by atoms with Gasteiger partial charge in [-0.2, -0.15) is 0 Å². The molecular formula is C56H40BNO2. The molecule has 0 spiro atoms. The average Bonchev–Trinajstić information content (AvgIpc) is 3.30. The van der Waals surface area contributed by atoms with Crippen LogP contribution in [0.25, 0.3) is 44.5 Å². The minimum Gasteiger partial charge on any atom is -0.458 e. The minimum atomic E-state index is -0.0709. The Labute approximate surface area is 351 Å². The van der Waals surface area contributed by atoms with Crippen molar-refractivity contribution < 1.29 is 9.47 Å². The fourth-order valence-corrected chi connectivity index (χ4v) is 9.07. The van der Waals surface area contributed by atoms with Crippen molar-refractivity contribution in [1.29, 1.82) is 0 Å². The zero-order valence-electron chi connectivity index (χ0n) is 33.5. The lowest BCUT2D eigenvalue weighted by atomic mass is 9.34. The zero-order valence-corrected chi connectivity index (χ0v) is 33.5. The number of benzene rings is 9. The van der Waals surface area contributed by atoms with E-state index in [1.807, 2.05) is 0 Å². The van der Waals surface area contributed by atoms with Crippen LogP contribution >= 0.6 is 0 Å². The van der Waals surface area contributed by atoms with Gasteiger partial charge in [-0.15, -0.1) is 0 Å². The third kappa shape index (κ3) is 6.25. The first kappa shape index (κ1) is 35.6. The van der Waals surface area contributed by atoms with Gasteiger partial charge in [0, 0.05) is 29.0 Å². The molecule has 3 nitrogen and oxygen atoms in total. The highest BCUT2D eigenvalue weighted by Crippen LogP contribution is 2.46. The Hall–Kier alpha value is -7.56. The van der Waals surface area contributed by atoms with Gasteiger partial charge in [-0.25, -0.2) is 0 Å². The molecule has 0 saturated carbocycles. The van der Waals surface area contributed by atoms with Gasteiger partial charge in [0.25, 0.3) is 6.71 Å². The Bertz CT molecular complexity index is 2850. The smallest absolute Gasteiger partial charge is 0.260 e. The average molecular weight is 770 g/mol. The molecule has 0 atom stereocenters. The van der Waals surface area contributed by atoms with E-state index < -0.39 is 0 Å². The molecule has 11 rings (SSSR count). The van der Waals surface area contributed by atoms with Crippen LogP contribution in [0.4, 0.5) is 17.1 Å². The number of aryl methyl sites for hydroxylation is 2. The molecule has 2 aliphatic rings. The summed E-state index contributed by atoms with van der Waals surface area (Å²) in [6.07, 6.45) is 0. The molecule has 284 valence electrons. The highest BCUT2D eigenvalue weighted by molar-refractivity contribution is 6.98. The lowest BCUT2D eigenvalue weighted by Crippen LogP contribution is -2.57. The quantitative estimate of drug-likeness (QED) is 0.151. The summed E-state index contributed by atoms with van der Waals surface area (Å²) in [6, 6.07) is 73.5. The number of fused-ring (bicyclic) bond motifs is 4. The van der Waals surface area contributed by atoms with E-state index >= 15 is 0 Å². The number of ether oxygens (including phenoxy) is 2. The van der Waals surface area contributed by atoms with E-state index in [-0.39, 0.29) is 6.71 Å². The van der Waals surface area contributed by atoms with Gasteiger partial charge in [-0.1, -0.05) is 158 Å². The van der Waals surface area contributed by atoms with E-state index in [1.165, 1.54) is 22.3 Å². The van der Waals surface area contributed by atoms with Crippen LogP contribution in [0.5, 0.6) is 23.0 Å². The van der Waals surface area contributed by atoms with E-state index in [0.717, 1.165) is 89.8 Å². The van der Waals surface area contributed by atoms with Crippen LogP contribution in [0.3, 0.4) is 0 Å². The SMILES string of the molecule is Cc1cc(-c2ccccc2)ccc1N(c1cc2c3c(c1)Oc1cc(-c4ccccc4)ccc1B3c1ccc(-c3ccccc3)cc1O2)c1ccc(-c2ccccc2)cc1C. The molecule has 0 unspecified atom stereocenters. The summed E-state index contributed by atoms with van der Waals surface area (Å²) in [4.78, 5) is 2.37. The van der Waals surface area contributed by atoms with Gasteiger partial charge >= 0.3 is 0 Å². The fourth-order valence-electron chi connectivity index (χ4n) is 9.07. The molecule has 0 bridgehead atoms. The summed E-state index contributed by atoms with van der Waals surface area (Å²) >= 11 is 0. The molecule has 60 heavy (non-hydrogen) atoms. The van der Waals surface area contributed by atoms with Crippen LogP contribution in [0, 0.1) is 13.8 Å². The molecule has 0 N–H and O–H groups in total. The zero-order chi connectivity index (χ0) is 40.2. The van der Waals surface area contributed by atoms with E-state index in [1.54, 1.807) is 0 Å². The van der Waals surface area contributed by atoms with Gasteiger partial charge in [0.1, 0.15) is 23.0 Å². The predicted octanol–water partition coefficient (Wildman–Crippen LogP) is 13.2. The second-order valence-corrected chi connectivity index (χ2v) is 15.8. The Balaban J connectivity index is 1.11. The highest BCUT2D eigenvalue weighted by atomic mass is 16.5. The number of anilines is 3. The Morgan fingerprint density at radius 3 is 1.05 bits per heavy atom. The van der Waals surface area contributed by atoms with Crippen LogP contribution in [0.1, 0.15) is 11.1 Å². The highest BCUT2D eigenvalue weighted by Gasteiger charge is 2.41. The molecular weight excluding hydrogens is 729 g/mol. The summed E-state index contributed by atoms with van der Waals surface area (Å²) in [5.74, 6) is 3.31.